The number of rotatable bonds is 4. The van der Waals surface area contributed by atoms with Crippen LogP contribution in [-0.4, -0.2) is 22.4 Å². The summed E-state index contributed by atoms with van der Waals surface area (Å²) in [5, 5.41) is 8.35. The lowest BCUT2D eigenvalue weighted by molar-refractivity contribution is 0.624. The summed E-state index contributed by atoms with van der Waals surface area (Å²) in [6.07, 6.45) is 3.96. The highest BCUT2D eigenvalue weighted by Gasteiger charge is 2.04. The fourth-order valence-electron chi connectivity index (χ4n) is 2.09. The molecule has 3 rings (SSSR count). The summed E-state index contributed by atoms with van der Waals surface area (Å²) < 4.78 is 15.1. The predicted molar refractivity (Wildman–Crippen MR) is 86.5 cm³/mol. The fourth-order valence-corrected chi connectivity index (χ4v) is 2.81. The van der Waals surface area contributed by atoms with Gasteiger partial charge in [0.1, 0.15) is 5.82 Å². The summed E-state index contributed by atoms with van der Waals surface area (Å²) in [5.74, 6) is 0.418. The minimum absolute atomic E-state index is 0.236. The molecule has 0 aliphatic carbocycles. The van der Waals surface area contributed by atoms with E-state index in [0.29, 0.717) is 19.0 Å². The lowest BCUT2D eigenvalue weighted by atomic mass is 10.2. The molecule has 0 saturated heterocycles. The van der Waals surface area contributed by atoms with Gasteiger partial charge in [0, 0.05) is 31.4 Å². The zero-order valence-corrected chi connectivity index (χ0v) is 12.9. The Morgan fingerprint density at radius 1 is 1.36 bits per heavy atom. The van der Waals surface area contributed by atoms with Crippen molar-refractivity contribution in [3.05, 3.63) is 59.1 Å². The molecule has 2 heterocycles. The monoisotopic (exact) mass is 317 g/mol. The lowest BCUT2D eigenvalue weighted by Crippen LogP contribution is -2.36. The van der Waals surface area contributed by atoms with E-state index in [1.54, 1.807) is 24.5 Å². The third-order valence-corrected chi connectivity index (χ3v) is 3.92. The van der Waals surface area contributed by atoms with Crippen molar-refractivity contribution in [1.29, 1.82) is 0 Å². The third kappa shape index (κ3) is 3.43. The number of fused-ring (bicyclic) bond motifs is 1. The largest absolute Gasteiger partial charge is 0.352 e. The van der Waals surface area contributed by atoms with Gasteiger partial charge in [0.2, 0.25) is 0 Å². The molecule has 0 spiro atoms. The Morgan fingerprint density at radius 2 is 2.23 bits per heavy atom. The van der Waals surface area contributed by atoms with Gasteiger partial charge in [0.15, 0.2) is 10.9 Å². The second kappa shape index (κ2) is 6.57. The van der Waals surface area contributed by atoms with Crippen LogP contribution in [0.4, 0.5) is 4.39 Å². The molecule has 0 aliphatic rings. The van der Waals surface area contributed by atoms with Crippen LogP contribution in [0.1, 0.15) is 11.3 Å². The number of imidazole rings is 1. The smallest absolute Gasteiger partial charge is 0.193 e. The van der Waals surface area contributed by atoms with Gasteiger partial charge in [-0.25, -0.2) is 9.37 Å². The van der Waals surface area contributed by atoms with Gasteiger partial charge in [0.05, 0.1) is 12.2 Å². The molecule has 0 aliphatic heterocycles. The molecule has 2 N–H and O–H groups in total. The van der Waals surface area contributed by atoms with Gasteiger partial charge < -0.3 is 10.6 Å². The minimum atomic E-state index is -0.236. The van der Waals surface area contributed by atoms with Crippen LogP contribution in [0.25, 0.3) is 4.96 Å². The predicted octanol–water partition coefficient (Wildman–Crippen LogP) is 2.40. The van der Waals surface area contributed by atoms with Crippen molar-refractivity contribution in [2.45, 2.75) is 13.1 Å². The van der Waals surface area contributed by atoms with Crippen molar-refractivity contribution < 1.29 is 4.39 Å². The number of nitrogens with one attached hydrogen (secondary N) is 2. The molecule has 0 unspecified atom stereocenters. The normalized spacial score (nSPS) is 11.8. The molecule has 1 aromatic carbocycles. The number of hydrogen-bond acceptors (Lipinski definition) is 3. The maximum atomic E-state index is 13.1. The van der Waals surface area contributed by atoms with E-state index in [2.05, 4.69) is 20.6 Å². The Morgan fingerprint density at radius 3 is 3.00 bits per heavy atom. The molecule has 0 atom stereocenters. The van der Waals surface area contributed by atoms with Crippen LogP contribution in [0.2, 0.25) is 0 Å². The van der Waals surface area contributed by atoms with Crippen molar-refractivity contribution in [2.24, 2.45) is 4.99 Å². The first-order valence-electron chi connectivity index (χ1n) is 6.84. The standard InChI is InChI=1S/C15H16FN5S/c1-17-14(18-8-11-3-2-4-12(16)7-11)19-9-13-10-21-5-6-22-15(21)20-13/h2-7,10H,8-9H2,1H3,(H2,17,18,19). The summed E-state index contributed by atoms with van der Waals surface area (Å²) in [4.78, 5) is 9.62. The van der Waals surface area contributed by atoms with E-state index in [4.69, 9.17) is 0 Å². The number of halogens is 1. The molecular weight excluding hydrogens is 301 g/mol. The van der Waals surface area contributed by atoms with E-state index < -0.39 is 0 Å². The summed E-state index contributed by atoms with van der Waals surface area (Å²) in [7, 11) is 1.70. The molecule has 22 heavy (non-hydrogen) atoms. The molecule has 0 amide bonds. The highest BCUT2D eigenvalue weighted by Crippen LogP contribution is 2.11. The van der Waals surface area contributed by atoms with Crippen molar-refractivity contribution in [1.82, 2.24) is 20.0 Å². The van der Waals surface area contributed by atoms with Gasteiger partial charge in [-0.3, -0.25) is 9.39 Å². The van der Waals surface area contributed by atoms with E-state index in [0.717, 1.165) is 16.2 Å². The molecule has 5 nitrogen and oxygen atoms in total. The Kier molecular flexibility index (Phi) is 4.34. The van der Waals surface area contributed by atoms with Gasteiger partial charge in [0.25, 0.3) is 0 Å². The van der Waals surface area contributed by atoms with Crippen LogP contribution < -0.4 is 10.6 Å². The zero-order chi connectivity index (χ0) is 15.4. The molecule has 114 valence electrons. The summed E-state index contributed by atoms with van der Waals surface area (Å²) >= 11 is 1.60. The SMILES string of the molecule is CN=C(NCc1cccc(F)c1)NCc1cn2ccsc2n1. The van der Waals surface area contributed by atoms with E-state index in [9.17, 15) is 4.39 Å². The van der Waals surface area contributed by atoms with Gasteiger partial charge in [-0.2, -0.15) is 0 Å². The topological polar surface area (TPSA) is 53.7 Å². The van der Waals surface area contributed by atoms with E-state index >= 15 is 0 Å². The highest BCUT2D eigenvalue weighted by atomic mass is 32.1. The zero-order valence-electron chi connectivity index (χ0n) is 12.1. The number of nitrogens with zero attached hydrogens (tertiary/aromatic N) is 3. The molecule has 0 saturated carbocycles. The number of hydrogen-bond donors (Lipinski definition) is 2. The van der Waals surface area contributed by atoms with Crippen LogP contribution in [0.5, 0.6) is 0 Å². The van der Waals surface area contributed by atoms with Crippen molar-refractivity contribution in [3.8, 4) is 0 Å². The van der Waals surface area contributed by atoms with Crippen molar-refractivity contribution in [2.75, 3.05) is 7.05 Å². The average Bonchev–Trinajstić information content (AvgIpc) is 3.08. The van der Waals surface area contributed by atoms with Crippen molar-refractivity contribution >= 4 is 22.3 Å². The maximum absolute atomic E-state index is 13.1. The molecular formula is C15H16FN5S. The van der Waals surface area contributed by atoms with Gasteiger partial charge in [-0.05, 0) is 17.7 Å². The van der Waals surface area contributed by atoms with Crippen LogP contribution in [0.3, 0.4) is 0 Å². The summed E-state index contributed by atoms with van der Waals surface area (Å²) in [5.41, 5.74) is 1.81. The minimum Gasteiger partial charge on any atom is -0.352 e. The van der Waals surface area contributed by atoms with Crippen LogP contribution in [0.15, 0.2) is 47.0 Å². The first-order valence-corrected chi connectivity index (χ1v) is 7.72. The summed E-state index contributed by atoms with van der Waals surface area (Å²) in [6, 6.07) is 6.50. The maximum Gasteiger partial charge on any atom is 0.193 e. The Hall–Kier alpha value is -2.41. The van der Waals surface area contributed by atoms with Crippen LogP contribution >= 0.6 is 11.3 Å². The third-order valence-electron chi connectivity index (χ3n) is 3.15. The molecule has 2 aromatic heterocycles. The van der Waals surface area contributed by atoms with Gasteiger partial charge in [-0.1, -0.05) is 12.1 Å². The molecule has 0 radical (unpaired) electrons. The van der Waals surface area contributed by atoms with Gasteiger partial charge in [-0.15, -0.1) is 11.3 Å². The quantitative estimate of drug-likeness (QED) is 0.574. The van der Waals surface area contributed by atoms with Crippen LogP contribution in [0, 0.1) is 5.82 Å². The lowest BCUT2D eigenvalue weighted by Gasteiger charge is -2.11. The molecule has 3 aromatic rings. The average molecular weight is 317 g/mol. The Bertz CT molecular complexity index is 763. The second-order valence-electron chi connectivity index (χ2n) is 4.73. The first-order chi connectivity index (χ1) is 10.7. The number of aromatic nitrogens is 2. The number of thiazole rings is 1. The van der Waals surface area contributed by atoms with E-state index in [1.165, 1.54) is 12.1 Å². The van der Waals surface area contributed by atoms with Gasteiger partial charge >= 0.3 is 0 Å². The van der Waals surface area contributed by atoms with E-state index in [1.807, 2.05) is 28.2 Å². The number of guanidine groups is 1. The van der Waals surface area contributed by atoms with Crippen LogP contribution in [-0.2, 0) is 13.1 Å². The molecule has 0 fully saturated rings. The molecule has 0 bridgehead atoms. The number of aliphatic imine (C=N–C) groups is 1. The fraction of sp³-hybridized carbons (Fsp3) is 0.200. The second-order valence-corrected chi connectivity index (χ2v) is 5.61. The Balaban J connectivity index is 1.54. The number of benzene rings is 1. The molecule has 7 heteroatoms. The first kappa shape index (κ1) is 14.5. The Labute approximate surface area is 131 Å². The highest BCUT2D eigenvalue weighted by molar-refractivity contribution is 7.15. The van der Waals surface area contributed by atoms with Crippen molar-refractivity contribution in [3.63, 3.8) is 0 Å². The van der Waals surface area contributed by atoms with E-state index in [-0.39, 0.29) is 5.82 Å². The summed E-state index contributed by atoms with van der Waals surface area (Å²) in [6.45, 7) is 1.09.